The molecule has 0 aliphatic rings. The number of rotatable bonds is 4. The molecule has 0 radical (unpaired) electrons. The SMILES string of the molecule is Cc1ccc(S(=O)(=O)NS(=O)(=O)c2ccccc2)c(Cl)c1C. The van der Waals surface area contributed by atoms with Crippen molar-refractivity contribution in [3.63, 3.8) is 0 Å². The van der Waals surface area contributed by atoms with Crippen LogP contribution in [0.15, 0.2) is 52.3 Å². The average Bonchev–Trinajstić information content (AvgIpc) is 2.44. The molecule has 2 aromatic carbocycles. The highest BCUT2D eigenvalue weighted by Gasteiger charge is 2.27. The normalized spacial score (nSPS) is 12.3. The third-order valence-electron chi connectivity index (χ3n) is 3.18. The Morgan fingerprint density at radius 3 is 2.05 bits per heavy atom. The Hall–Kier alpha value is -1.41. The molecular formula is C14H14ClNO4S2. The predicted octanol–water partition coefficient (Wildman–Crippen LogP) is 2.62. The number of aryl methyl sites for hydroxylation is 1. The van der Waals surface area contributed by atoms with Crippen molar-refractivity contribution in [3.8, 4) is 0 Å². The minimum absolute atomic E-state index is 0.00996. The van der Waals surface area contributed by atoms with Crippen LogP contribution in [0.5, 0.6) is 0 Å². The van der Waals surface area contributed by atoms with Crippen molar-refractivity contribution in [1.29, 1.82) is 0 Å². The Morgan fingerprint density at radius 2 is 1.45 bits per heavy atom. The van der Waals surface area contributed by atoms with Gasteiger partial charge in [0.15, 0.2) is 0 Å². The lowest BCUT2D eigenvalue weighted by Crippen LogP contribution is -2.31. The van der Waals surface area contributed by atoms with Crippen molar-refractivity contribution >= 4 is 31.6 Å². The Balaban J connectivity index is 2.47. The molecule has 0 saturated heterocycles. The van der Waals surface area contributed by atoms with E-state index in [9.17, 15) is 16.8 Å². The summed E-state index contributed by atoms with van der Waals surface area (Å²) in [5.41, 5.74) is 1.40. The highest BCUT2D eigenvalue weighted by molar-refractivity contribution is 8.04. The second kappa shape index (κ2) is 6.00. The van der Waals surface area contributed by atoms with Crippen molar-refractivity contribution < 1.29 is 16.8 Å². The Kier molecular flexibility index (Phi) is 4.62. The van der Waals surface area contributed by atoms with E-state index in [1.165, 1.54) is 30.3 Å². The van der Waals surface area contributed by atoms with E-state index in [2.05, 4.69) is 0 Å². The van der Waals surface area contributed by atoms with Crippen LogP contribution in [-0.2, 0) is 20.0 Å². The summed E-state index contributed by atoms with van der Waals surface area (Å²) in [6, 6.07) is 10.1. The Labute approximate surface area is 135 Å². The smallest absolute Gasteiger partial charge is 0.206 e. The zero-order valence-electron chi connectivity index (χ0n) is 11.9. The fourth-order valence-corrected chi connectivity index (χ4v) is 5.37. The van der Waals surface area contributed by atoms with Crippen molar-refractivity contribution in [2.75, 3.05) is 0 Å². The molecule has 2 rings (SSSR count). The lowest BCUT2D eigenvalue weighted by Gasteiger charge is -2.11. The van der Waals surface area contributed by atoms with Crippen LogP contribution in [0.4, 0.5) is 0 Å². The van der Waals surface area contributed by atoms with E-state index in [0.717, 1.165) is 5.56 Å². The monoisotopic (exact) mass is 359 g/mol. The molecule has 2 aromatic rings. The van der Waals surface area contributed by atoms with Crippen LogP contribution in [0.1, 0.15) is 11.1 Å². The predicted molar refractivity (Wildman–Crippen MR) is 84.9 cm³/mol. The first kappa shape index (κ1) is 17.0. The van der Waals surface area contributed by atoms with Gasteiger partial charge in [0.2, 0.25) is 0 Å². The van der Waals surface area contributed by atoms with Crippen LogP contribution in [-0.4, -0.2) is 16.8 Å². The largest absolute Gasteiger partial charge is 0.255 e. The molecule has 0 aromatic heterocycles. The minimum Gasteiger partial charge on any atom is -0.206 e. The standard InChI is InChI=1S/C14H14ClNO4S2/c1-10-8-9-13(14(15)11(10)2)22(19,20)16-21(17,18)12-6-4-3-5-7-12/h3-9,16H,1-2H3. The fourth-order valence-electron chi connectivity index (χ4n) is 1.80. The average molecular weight is 360 g/mol. The third-order valence-corrected chi connectivity index (χ3v) is 7.35. The lowest BCUT2D eigenvalue weighted by atomic mass is 10.1. The number of nitrogens with one attached hydrogen (secondary N) is 1. The van der Waals surface area contributed by atoms with Gasteiger partial charge in [-0.05, 0) is 43.2 Å². The summed E-state index contributed by atoms with van der Waals surface area (Å²) in [6.45, 7) is 3.45. The molecule has 0 aliphatic carbocycles. The summed E-state index contributed by atoms with van der Waals surface area (Å²) in [5.74, 6) is 0. The maximum absolute atomic E-state index is 12.3. The van der Waals surface area contributed by atoms with E-state index >= 15 is 0 Å². The number of hydrogen-bond donors (Lipinski definition) is 1. The first-order valence-electron chi connectivity index (χ1n) is 6.24. The second-order valence-corrected chi connectivity index (χ2v) is 8.69. The van der Waals surface area contributed by atoms with Crippen molar-refractivity contribution in [2.45, 2.75) is 23.6 Å². The number of benzene rings is 2. The summed E-state index contributed by atoms with van der Waals surface area (Å²) in [4.78, 5) is -0.407. The van der Waals surface area contributed by atoms with E-state index < -0.39 is 20.0 Å². The highest BCUT2D eigenvalue weighted by atomic mass is 35.5. The summed E-state index contributed by atoms with van der Waals surface area (Å²) >= 11 is 6.04. The molecular weight excluding hydrogens is 346 g/mol. The highest BCUT2D eigenvalue weighted by Crippen LogP contribution is 2.27. The topological polar surface area (TPSA) is 80.3 Å². The molecule has 118 valence electrons. The van der Waals surface area contributed by atoms with E-state index in [1.54, 1.807) is 30.1 Å². The molecule has 1 N–H and O–H groups in total. The fraction of sp³-hybridized carbons (Fsp3) is 0.143. The molecule has 0 spiro atoms. The maximum Gasteiger partial charge on any atom is 0.255 e. The first-order chi connectivity index (χ1) is 10.1. The molecule has 0 atom stereocenters. The van der Waals surface area contributed by atoms with E-state index in [-0.39, 0.29) is 14.8 Å². The van der Waals surface area contributed by atoms with Gasteiger partial charge in [-0.15, -0.1) is 4.13 Å². The summed E-state index contributed by atoms with van der Waals surface area (Å²) in [5, 5.41) is 0.00996. The van der Waals surface area contributed by atoms with Crippen LogP contribution in [0, 0.1) is 13.8 Å². The summed E-state index contributed by atoms with van der Waals surface area (Å²) < 4.78 is 50.7. The van der Waals surface area contributed by atoms with Crippen molar-refractivity contribution in [2.24, 2.45) is 0 Å². The molecule has 0 heterocycles. The lowest BCUT2D eigenvalue weighted by molar-refractivity contribution is 0.577. The molecule has 0 bridgehead atoms. The van der Waals surface area contributed by atoms with Gasteiger partial charge in [0.25, 0.3) is 20.0 Å². The third kappa shape index (κ3) is 3.33. The molecule has 8 heteroatoms. The van der Waals surface area contributed by atoms with Gasteiger partial charge < -0.3 is 0 Å². The maximum atomic E-state index is 12.3. The zero-order valence-corrected chi connectivity index (χ0v) is 14.3. The number of halogens is 1. The van der Waals surface area contributed by atoms with Gasteiger partial charge in [-0.2, -0.15) is 0 Å². The van der Waals surface area contributed by atoms with Gasteiger partial charge >= 0.3 is 0 Å². The Bertz CT molecular complexity index is 907. The van der Waals surface area contributed by atoms with Crippen LogP contribution in [0.25, 0.3) is 0 Å². The number of sulfonamides is 2. The van der Waals surface area contributed by atoms with Gasteiger partial charge in [-0.3, -0.25) is 0 Å². The zero-order chi connectivity index (χ0) is 16.5. The molecule has 0 unspecified atom stereocenters. The van der Waals surface area contributed by atoms with Gasteiger partial charge in [0, 0.05) is 0 Å². The molecule has 22 heavy (non-hydrogen) atoms. The second-order valence-electron chi connectivity index (χ2n) is 4.72. The van der Waals surface area contributed by atoms with Crippen molar-refractivity contribution in [3.05, 3.63) is 58.6 Å². The first-order valence-corrected chi connectivity index (χ1v) is 9.59. The summed E-state index contributed by atoms with van der Waals surface area (Å²) in [7, 11) is -8.51. The van der Waals surface area contributed by atoms with Gasteiger partial charge in [-0.1, -0.05) is 35.9 Å². The number of hydrogen-bond acceptors (Lipinski definition) is 4. The van der Waals surface area contributed by atoms with E-state index in [1.807, 2.05) is 0 Å². The Morgan fingerprint density at radius 1 is 0.864 bits per heavy atom. The van der Waals surface area contributed by atoms with Crippen LogP contribution in [0.3, 0.4) is 0 Å². The van der Waals surface area contributed by atoms with Crippen LogP contribution in [0.2, 0.25) is 5.02 Å². The van der Waals surface area contributed by atoms with Gasteiger partial charge in [0.05, 0.1) is 9.92 Å². The van der Waals surface area contributed by atoms with E-state index in [4.69, 9.17) is 11.6 Å². The molecule has 0 saturated carbocycles. The van der Waals surface area contributed by atoms with Crippen LogP contribution >= 0.6 is 11.6 Å². The van der Waals surface area contributed by atoms with Crippen LogP contribution < -0.4 is 4.13 Å². The minimum atomic E-state index is -4.31. The molecule has 0 aliphatic heterocycles. The van der Waals surface area contributed by atoms with Gasteiger partial charge in [0.1, 0.15) is 4.90 Å². The van der Waals surface area contributed by atoms with E-state index in [0.29, 0.717) is 5.56 Å². The molecule has 0 fully saturated rings. The quantitative estimate of drug-likeness (QED) is 0.909. The molecule has 0 amide bonds. The van der Waals surface area contributed by atoms with Gasteiger partial charge in [-0.25, -0.2) is 16.8 Å². The summed E-state index contributed by atoms with van der Waals surface area (Å²) in [6.07, 6.45) is 0. The van der Waals surface area contributed by atoms with Crippen molar-refractivity contribution in [1.82, 2.24) is 4.13 Å². The molecule has 5 nitrogen and oxygen atoms in total.